The van der Waals surface area contributed by atoms with E-state index in [1.165, 1.54) is 0 Å². The first-order chi connectivity index (χ1) is 13.0. The molecule has 0 aliphatic carbocycles. The summed E-state index contributed by atoms with van der Waals surface area (Å²) in [5.41, 5.74) is 0. The van der Waals surface area contributed by atoms with Crippen molar-refractivity contribution in [1.82, 2.24) is 10.2 Å². The zero-order chi connectivity index (χ0) is 19.5. The highest BCUT2D eigenvalue weighted by Crippen LogP contribution is 2.19. The molecule has 1 aromatic carbocycles. The molecule has 1 fully saturated rings. The average Bonchev–Trinajstić information content (AvgIpc) is 2.64. The Balaban J connectivity index is 1.73. The highest BCUT2D eigenvalue weighted by Gasteiger charge is 2.27. The minimum absolute atomic E-state index is 0.0510. The van der Waals surface area contributed by atoms with E-state index in [9.17, 15) is 13.2 Å². The minimum Gasteiger partial charge on any atom is -0.490 e. The number of hydrogen-bond acceptors (Lipinski definition) is 3. The van der Waals surface area contributed by atoms with Gasteiger partial charge >= 0.3 is 6.18 Å². The number of nitrogens with one attached hydrogen (secondary N) is 1. The van der Waals surface area contributed by atoms with Gasteiger partial charge in [0.05, 0.1) is 0 Å². The van der Waals surface area contributed by atoms with Crippen molar-refractivity contribution in [3.8, 4) is 5.75 Å². The van der Waals surface area contributed by atoms with Crippen molar-refractivity contribution in [3.63, 3.8) is 0 Å². The Bertz CT molecular complexity index is 559. The smallest absolute Gasteiger partial charge is 0.411 e. The molecule has 0 aromatic heterocycles. The number of aliphatic imine (C=N–C) groups is 1. The van der Waals surface area contributed by atoms with Crippen LogP contribution in [0.1, 0.15) is 26.2 Å². The number of ether oxygens (including phenoxy) is 2. The van der Waals surface area contributed by atoms with Crippen LogP contribution in [-0.4, -0.2) is 62.5 Å². The number of rotatable bonds is 8. The predicted molar refractivity (Wildman–Crippen MR) is 99.1 cm³/mol. The predicted octanol–water partition coefficient (Wildman–Crippen LogP) is 3.46. The molecule has 1 saturated heterocycles. The Morgan fingerprint density at radius 1 is 1.22 bits per heavy atom. The molecule has 0 unspecified atom stereocenters. The van der Waals surface area contributed by atoms with E-state index in [0.29, 0.717) is 13.0 Å². The molecule has 1 N–H and O–H groups in total. The third-order valence-electron chi connectivity index (χ3n) is 4.10. The van der Waals surface area contributed by atoms with Crippen molar-refractivity contribution < 1.29 is 22.6 Å². The monoisotopic (exact) mass is 387 g/mol. The average molecular weight is 387 g/mol. The van der Waals surface area contributed by atoms with Crippen molar-refractivity contribution in [3.05, 3.63) is 30.3 Å². The number of likely N-dealkylation sites (tertiary alicyclic amines) is 1. The van der Waals surface area contributed by atoms with E-state index in [1.807, 2.05) is 37.3 Å². The second-order valence-electron chi connectivity index (χ2n) is 6.37. The fourth-order valence-corrected chi connectivity index (χ4v) is 2.84. The molecule has 0 atom stereocenters. The maximum atomic E-state index is 12.0. The number of benzene rings is 1. The molecule has 1 aliphatic heterocycles. The number of halogens is 3. The van der Waals surface area contributed by atoms with Gasteiger partial charge < -0.3 is 19.7 Å². The number of hydrogen-bond donors (Lipinski definition) is 1. The second kappa shape index (κ2) is 11.0. The van der Waals surface area contributed by atoms with E-state index in [0.717, 1.165) is 44.2 Å². The highest BCUT2D eigenvalue weighted by molar-refractivity contribution is 5.80. The van der Waals surface area contributed by atoms with Crippen LogP contribution in [0.15, 0.2) is 35.3 Å². The summed E-state index contributed by atoms with van der Waals surface area (Å²) in [6.07, 6.45) is -1.84. The molecule has 1 aliphatic rings. The summed E-state index contributed by atoms with van der Waals surface area (Å²) in [4.78, 5) is 6.68. The lowest BCUT2D eigenvalue weighted by Crippen LogP contribution is -2.47. The van der Waals surface area contributed by atoms with Gasteiger partial charge in [-0.05, 0) is 25.5 Å². The fourth-order valence-electron chi connectivity index (χ4n) is 2.84. The molecule has 0 amide bonds. The van der Waals surface area contributed by atoms with Crippen LogP contribution in [0.4, 0.5) is 13.2 Å². The van der Waals surface area contributed by atoms with Crippen molar-refractivity contribution >= 4 is 5.96 Å². The van der Waals surface area contributed by atoms with E-state index >= 15 is 0 Å². The summed E-state index contributed by atoms with van der Waals surface area (Å²) >= 11 is 0. The maximum absolute atomic E-state index is 12.0. The summed E-state index contributed by atoms with van der Waals surface area (Å²) in [5, 5.41) is 3.25. The molecule has 2 rings (SSSR count). The molecule has 1 aromatic rings. The van der Waals surface area contributed by atoms with Crippen LogP contribution in [0.3, 0.4) is 0 Å². The van der Waals surface area contributed by atoms with Gasteiger partial charge in [0.2, 0.25) is 0 Å². The van der Waals surface area contributed by atoms with Gasteiger partial charge in [0.25, 0.3) is 0 Å². The standard InChI is InChI=1S/C19H28F3N3O2/c1-2-23-18(24-11-6-14-26-15-19(20,21)22)25-12-9-17(10-13-25)27-16-7-4-3-5-8-16/h3-5,7-8,17H,2,6,9-15H2,1H3,(H,23,24). The largest absolute Gasteiger partial charge is 0.490 e. The Morgan fingerprint density at radius 3 is 2.56 bits per heavy atom. The van der Waals surface area contributed by atoms with Crippen molar-refractivity contribution in [2.45, 2.75) is 38.5 Å². The number of nitrogens with zero attached hydrogens (tertiary/aromatic N) is 2. The van der Waals surface area contributed by atoms with E-state index in [2.05, 4.69) is 19.9 Å². The highest BCUT2D eigenvalue weighted by atomic mass is 19.4. The molecular formula is C19H28F3N3O2. The summed E-state index contributed by atoms with van der Waals surface area (Å²) in [5.74, 6) is 1.68. The first-order valence-electron chi connectivity index (χ1n) is 9.37. The Labute approximate surface area is 158 Å². The van der Waals surface area contributed by atoms with Crippen LogP contribution in [0, 0.1) is 0 Å². The number of guanidine groups is 1. The van der Waals surface area contributed by atoms with E-state index < -0.39 is 12.8 Å². The molecule has 0 bridgehead atoms. The van der Waals surface area contributed by atoms with Gasteiger partial charge in [-0.3, -0.25) is 4.99 Å². The fraction of sp³-hybridized carbons (Fsp3) is 0.632. The normalized spacial score (nSPS) is 16.4. The van der Waals surface area contributed by atoms with Gasteiger partial charge in [-0.2, -0.15) is 13.2 Å². The number of para-hydroxylation sites is 1. The third-order valence-corrected chi connectivity index (χ3v) is 4.10. The Hall–Kier alpha value is -1.96. The molecule has 1 heterocycles. The van der Waals surface area contributed by atoms with Crippen molar-refractivity contribution in [2.75, 3.05) is 39.4 Å². The van der Waals surface area contributed by atoms with E-state index in [1.54, 1.807) is 0 Å². The first kappa shape index (κ1) is 21.3. The summed E-state index contributed by atoms with van der Waals surface area (Å²) in [6, 6.07) is 9.79. The zero-order valence-corrected chi connectivity index (χ0v) is 15.7. The summed E-state index contributed by atoms with van der Waals surface area (Å²) in [7, 11) is 0. The Kier molecular flexibility index (Phi) is 8.71. The van der Waals surface area contributed by atoms with Crippen LogP contribution < -0.4 is 10.1 Å². The zero-order valence-electron chi connectivity index (χ0n) is 15.7. The van der Waals surface area contributed by atoms with Crippen LogP contribution >= 0.6 is 0 Å². The summed E-state index contributed by atoms with van der Waals surface area (Å²) < 4.78 is 46.7. The van der Waals surface area contributed by atoms with Crippen LogP contribution in [-0.2, 0) is 4.74 Å². The number of alkyl halides is 3. The van der Waals surface area contributed by atoms with Crippen molar-refractivity contribution in [1.29, 1.82) is 0 Å². The molecular weight excluding hydrogens is 359 g/mol. The lowest BCUT2D eigenvalue weighted by atomic mass is 10.1. The van der Waals surface area contributed by atoms with Gasteiger partial charge in [0, 0.05) is 45.6 Å². The third kappa shape index (κ3) is 8.51. The summed E-state index contributed by atoms with van der Waals surface area (Å²) in [6.45, 7) is 3.67. The topological polar surface area (TPSA) is 46.1 Å². The molecule has 152 valence electrons. The molecule has 0 saturated carbocycles. The van der Waals surface area contributed by atoms with Gasteiger partial charge in [-0.1, -0.05) is 18.2 Å². The SMILES string of the molecule is CCNC(=NCCCOCC(F)(F)F)N1CCC(Oc2ccccc2)CC1. The van der Waals surface area contributed by atoms with E-state index in [4.69, 9.17) is 4.74 Å². The van der Waals surface area contributed by atoms with E-state index in [-0.39, 0.29) is 12.7 Å². The lowest BCUT2D eigenvalue weighted by Gasteiger charge is -2.34. The van der Waals surface area contributed by atoms with Gasteiger partial charge in [-0.25, -0.2) is 0 Å². The van der Waals surface area contributed by atoms with Crippen LogP contribution in [0.25, 0.3) is 0 Å². The first-order valence-corrected chi connectivity index (χ1v) is 9.37. The van der Waals surface area contributed by atoms with Crippen molar-refractivity contribution in [2.24, 2.45) is 4.99 Å². The van der Waals surface area contributed by atoms with Gasteiger partial charge in [0.1, 0.15) is 18.5 Å². The second-order valence-corrected chi connectivity index (χ2v) is 6.37. The van der Waals surface area contributed by atoms with Gasteiger partial charge in [-0.15, -0.1) is 0 Å². The van der Waals surface area contributed by atoms with Crippen LogP contribution in [0.2, 0.25) is 0 Å². The molecule has 0 spiro atoms. The lowest BCUT2D eigenvalue weighted by molar-refractivity contribution is -0.173. The quantitative estimate of drug-likeness (QED) is 0.422. The molecule has 27 heavy (non-hydrogen) atoms. The maximum Gasteiger partial charge on any atom is 0.411 e. The molecule has 8 heteroatoms. The van der Waals surface area contributed by atoms with Gasteiger partial charge in [0.15, 0.2) is 5.96 Å². The minimum atomic E-state index is -4.27. The van der Waals surface area contributed by atoms with Crippen LogP contribution in [0.5, 0.6) is 5.75 Å². The molecule has 0 radical (unpaired) electrons. The number of piperidine rings is 1. The Morgan fingerprint density at radius 2 is 1.93 bits per heavy atom. The molecule has 5 nitrogen and oxygen atoms in total.